The maximum atomic E-state index is 12.6. The molecule has 6 heteroatoms. The fraction of sp³-hybridized carbons (Fsp3) is 0.261. The Bertz CT molecular complexity index is 1240. The number of rotatable bonds is 6. The van der Waals surface area contributed by atoms with Crippen LogP contribution < -0.4 is 10.9 Å². The number of aromatic amines is 1. The average molecular weight is 388 g/mol. The number of fused-ring (bicyclic) bond motifs is 2. The highest BCUT2D eigenvalue weighted by molar-refractivity contribution is 5.88. The molecular formula is C23H24N4O2. The lowest BCUT2D eigenvalue weighted by Gasteiger charge is -2.13. The molecule has 0 bridgehead atoms. The second-order valence-electron chi connectivity index (χ2n) is 7.47. The summed E-state index contributed by atoms with van der Waals surface area (Å²) in [6.07, 6.45) is 2.88. The van der Waals surface area contributed by atoms with E-state index in [1.165, 1.54) is 15.6 Å². The number of nitrogens with zero attached hydrogens (tertiary/aromatic N) is 2. The van der Waals surface area contributed by atoms with E-state index in [1.54, 1.807) is 6.07 Å². The maximum Gasteiger partial charge on any atom is 0.274 e. The van der Waals surface area contributed by atoms with Crippen LogP contribution in [-0.2, 0) is 17.6 Å². The molecule has 1 amide bonds. The van der Waals surface area contributed by atoms with Crippen LogP contribution in [0.25, 0.3) is 21.7 Å². The molecule has 2 aromatic heterocycles. The number of amides is 1. The van der Waals surface area contributed by atoms with Crippen molar-refractivity contribution in [1.29, 1.82) is 0 Å². The standard InChI is InChI=1S/C23H24N4O2/c1-15(2)27-23(29)19-9-4-3-8-18(19)21(26-27)13-22(28)24-12-11-16-14-25-20-10-6-5-7-17(16)20/h3-10,14-15,25H,11-13H2,1-2H3,(H,24,28). The van der Waals surface area contributed by atoms with Crippen LogP contribution in [0.1, 0.15) is 31.1 Å². The Morgan fingerprint density at radius 3 is 2.52 bits per heavy atom. The van der Waals surface area contributed by atoms with Crippen molar-refractivity contribution in [3.63, 3.8) is 0 Å². The van der Waals surface area contributed by atoms with Crippen molar-refractivity contribution in [2.75, 3.05) is 6.54 Å². The van der Waals surface area contributed by atoms with Gasteiger partial charge in [-0.2, -0.15) is 5.10 Å². The number of carbonyl (C=O) groups excluding carboxylic acids is 1. The van der Waals surface area contributed by atoms with Gasteiger partial charge in [0.2, 0.25) is 5.91 Å². The quantitative estimate of drug-likeness (QED) is 0.532. The number of aromatic nitrogens is 3. The van der Waals surface area contributed by atoms with Gasteiger partial charge < -0.3 is 10.3 Å². The molecule has 4 aromatic rings. The lowest BCUT2D eigenvalue weighted by atomic mass is 10.1. The third-order valence-corrected chi connectivity index (χ3v) is 5.11. The van der Waals surface area contributed by atoms with Gasteiger partial charge in [0.25, 0.3) is 5.56 Å². The molecule has 148 valence electrons. The first kappa shape index (κ1) is 18.9. The molecule has 0 radical (unpaired) electrons. The fourth-order valence-electron chi connectivity index (χ4n) is 3.64. The third-order valence-electron chi connectivity index (χ3n) is 5.11. The Morgan fingerprint density at radius 1 is 1.07 bits per heavy atom. The predicted molar refractivity (Wildman–Crippen MR) is 115 cm³/mol. The number of carbonyl (C=O) groups is 1. The van der Waals surface area contributed by atoms with E-state index in [-0.39, 0.29) is 23.9 Å². The first-order valence-corrected chi connectivity index (χ1v) is 9.86. The van der Waals surface area contributed by atoms with Gasteiger partial charge in [-0.3, -0.25) is 9.59 Å². The molecule has 0 fully saturated rings. The molecule has 2 heterocycles. The van der Waals surface area contributed by atoms with Crippen molar-refractivity contribution >= 4 is 27.6 Å². The number of nitrogens with one attached hydrogen (secondary N) is 2. The monoisotopic (exact) mass is 388 g/mol. The minimum absolute atomic E-state index is 0.0733. The Morgan fingerprint density at radius 2 is 1.76 bits per heavy atom. The summed E-state index contributed by atoms with van der Waals surface area (Å²) in [5.41, 5.74) is 2.77. The molecular weight excluding hydrogens is 364 g/mol. The van der Waals surface area contributed by atoms with Gasteiger partial charge in [0.05, 0.1) is 23.5 Å². The van der Waals surface area contributed by atoms with E-state index in [0.717, 1.165) is 17.3 Å². The Hall–Kier alpha value is -3.41. The number of H-pyrrole nitrogens is 1. The number of para-hydroxylation sites is 1. The molecule has 0 aliphatic heterocycles. The Kier molecular flexibility index (Phi) is 5.16. The van der Waals surface area contributed by atoms with Crippen LogP contribution in [0.4, 0.5) is 0 Å². The Balaban J connectivity index is 1.49. The average Bonchev–Trinajstić information content (AvgIpc) is 3.13. The highest BCUT2D eigenvalue weighted by Crippen LogP contribution is 2.18. The van der Waals surface area contributed by atoms with Gasteiger partial charge >= 0.3 is 0 Å². The summed E-state index contributed by atoms with van der Waals surface area (Å²) in [5, 5.41) is 9.97. The zero-order valence-electron chi connectivity index (χ0n) is 16.6. The summed E-state index contributed by atoms with van der Waals surface area (Å²) in [5.74, 6) is -0.101. The summed E-state index contributed by atoms with van der Waals surface area (Å²) in [4.78, 5) is 28.4. The summed E-state index contributed by atoms with van der Waals surface area (Å²) in [6, 6.07) is 15.4. The molecule has 0 unspecified atom stereocenters. The van der Waals surface area contributed by atoms with Gasteiger partial charge in [-0.25, -0.2) is 4.68 Å². The van der Waals surface area contributed by atoms with Gasteiger partial charge in [0.1, 0.15) is 0 Å². The van der Waals surface area contributed by atoms with E-state index in [1.807, 2.05) is 56.4 Å². The topological polar surface area (TPSA) is 79.8 Å². The van der Waals surface area contributed by atoms with Crippen molar-refractivity contribution < 1.29 is 4.79 Å². The summed E-state index contributed by atoms with van der Waals surface area (Å²) < 4.78 is 1.46. The lowest BCUT2D eigenvalue weighted by Crippen LogP contribution is -2.30. The van der Waals surface area contributed by atoms with Crippen LogP contribution in [0.2, 0.25) is 0 Å². The zero-order chi connectivity index (χ0) is 20.4. The minimum Gasteiger partial charge on any atom is -0.361 e. The second kappa shape index (κ2) is 7.91. The van der Waals surface area contributed by atoms with Crippen molar-refractivity contribution in [3.8, 4) is 0 Å². The first-order chi connectivity index (χ1) is 14.0. The molecule has 0 atom stereocenters. The normalized spacial score (nSPS) is 11.4. The highest BCUT2D eigenvalue weighted by Gasteiger charge is 2.15. The highest BCUT2D eigenvalue weighted by atomic mass is 16.1. The molecule has 0 aliphatic carbocycles. The predicted octanol–water partition coefficient (Wildman–Crippen LogP) is 3.36. The molecule has 29 heavy (non-hydrogen) atoms. The van der Waals surface area contributed by atoms with Crippen molar-refractivity contribution in [2.45, 2.75) is 32.7 Å². The fourth-order valence-corrected chi connectivity index (χ4v) is 3.64. The van der Waals surface area contributed by atoms with Gasteiger partial charge in [0.15, 0.2) is 0 Å². The van der Waals surface area contributed by atoms with E-state index in [9.17, 15) is 9.59 Å². The molecule has 2 N–H and O–H groups in total. The molecule has 6 nitrogen and oxygen atoms in total. The molecule has 0 aliphatic rings. The molecule has 0 saturated carbocycles. The largest absolute Gasteiger partial charge is 0.361 e. The van der Waals surface area contributed by atoms with Crippen LogP contribution in [0.15, 0.2) is 59.5 Å². The molecule has 0 saturated heterocycles. The van der Waals surface area contributed by atoms with E-state index >= 15 is 0 Å². The van der Waals surface area contributed by atoms with Crippen molar-refractivity contribution in [3.05, 3.63) is 76.3 Å². The van der Waals surface area contributed by atoms with E-state index < -0.39 is 0 Å². The molecule has 4 rings (SSSR count). The number of benzene rings is 2. The van der Waals surface area contributed by atoms with Crippen LogP contribution in [0.5, 0.6) is 0 Å². The second-order valence-corrected chi connectivity index (χ2v) is 7.47. The Labute approximate surface area is 168 Å². The van der Waals surface area contributed by atoms with Crippen LogP contribution in [0.3, 0.4) is 0 Å². The van der Waals surface area contributed by atoms with Gasteiger partial charge in [-0.1, -0.05) is 36.4 Å². The van der Waals surface area contributed by atoms with E-state index in [2.05, 4.69) is 21.5 Å². The van der Waals surface area contributed by atoms with Crippen LogP contribution in [0, 0.1) is 0 Å². The third kappa shape index (κ3) is 3.78. The lowest BCUT2D eigenvalue weighted by molar-refractivity contribution is -0.120. The SMILES string of the molecule is CC(C)n1nc(CC(=O)NCCc2c[nH]c3ccccc23)c2ccccc2c1=O. The van der Waals surface area contributed by atoms with Crippen molar-refractivity contribution in [1.82, 2.24) is 20.1 Å². The van der Waals surface area contributed by atoms with Gasteiger partial charge in [-0.15, -0.1) is 0 Å². The molecule has 2 aromatic carbocycles. The maximum absolute atomic E-state index is 12.6. The smallest absolute Gasteiger partial charge is 0.274 e. The van der Waals surface area contributed by atoms with E-state index in [4.69, 9.17) is 0 Å². The number of hydrogen-bond acceptors (Lipinski definition) is 3. The molecule has 0 spiro atoms. The summed E-state index contributed by atoms with van der Waals surface area (Å²) in [7, 11) is 0. The number of hydrogen-bond donors (Lipinski definition) is 2. The van der Waals surface area contributed by atoms with E-state index in [0.29, 0.717) is 17.6 Å². The minimum atomic E-state index is -0.126. The van der Waals surface area contributed by atoms with Crippen LogP contribution in [-0.4, -0.2) is 27.2 Å². The van der Waals surface area contributed by atoms with Gasteiger partial charge in [-0.05, 0) is 38.0 Å². The summed E-state index contributed by atoms with van der Waals surface area (Å²) >= 11 is 0. The van der Waals surface area contributed by atoms with Gasteiger partial charge in [0, 0.05) is 29.0 Å². The summed E-state index contributed by atoms with van der Waals surface area (Å²) in [6.45, 7) is 4.37. The first-order valence-electron chi connectivity index (χ1n) is 9.86. The zero-order valence-corrected chi connectivity index (χ0v) is 16.6. The van der Waals surface area contributed by atoms with Crippen LogP contribution >= 0.6 is 0 Å². The van der Waals surface area contributed by atoms with Crippen molar-refractivity contribution in [2.24, 2.45) is 0 Å².